The summed E-state index contributed by atoms with van der Waals surface area (Å²) < 4.78 is 20.2. The lowest BCUT2D eigenvalue weighted by Crippen LogP contribution is -1.77. The molecule has 0 atom stereocenters. The van der Waals surface area contributed by atoms with Gasteiger partial charge in [-0.1, -0.05) is 25.1 Å². The van der Waals surface area contributed by atoms with Crippen molar-refractivity contribution in [2.45, 2.75) is 13.8 Å². The van der Waals surface area contributed by atoms with E-state index in [0.717, 1.165) is 0 Å². The molecule has 0 aromatic heterocycles. The van der Waals surface area contributed by atoms with Gasteiger partial charge in [0.15, 0.2) is 6.49 Å². The Morgan fingerprint density at radius 1 is 0.917 bits per heavy atom. The predicted octanol–water partition coefficient (Wildman–Crippen LogP) is 5.35. The first-order valence-corrected chi connectivity index (χ1v) is 10.5. The monoisotopic (exact) mass is 292 g/mol. The molecular formula is C4H10Cl4O2P2. The third-order valence-electron chi connectivity index (χ3n) is 0.944. The van der Waals surface area contributed by atoms with E-state index in [1.54, 1.807) is 0 Å². The number of rotatable bonds is 2. The average molecular weight is 294 g/mol. The van der Waals surface area contributed by atoms with Crippen molar-refractivity contribution in [2.75, 3.05) is 12.3 Å². The maximum Gasteiger partial charge on any atom is 0.339 e. The van der Waals surface area contributed by atoms with Crippen molar-refractivity contribution in [3.63, 3.8) is 0 Å². The van der Waals surface area contributed by atoms with Crippen LogP contribution in [0.4, 0.5) is 0 Å². The van der Waals surface area contributed by atoms with Crippen molar-refractivity contribution in [1.82, 2.24) is 0 Å². The average Bonchev–Trinajstić information content (AvgIpc) is 1.85. The highest BCUT2D eigenvalue weighted by Gasteiger charge is 2.09. The molecule has 0 unspecified atom stereocenters. The van der Waals surface area contributed by atoms with Gasteiger partial charge in [-0.25, -0.2) is 0 Å². The molecule has 76 valence electrons. The SMILES string of the molecule is CCP(=O)(Cl)CC.O=P(Cl)(Cl)Cl. The van der Waals surface area contributed by atoms with Crippen LogP contribution >= 0.6 is 56.7 Å². The molecule has 0 N–H and O–H groups in total. The van der Waals surface area contributed by atoms with E-state index in [1.807, 2.05) is 13.8 Å². The molecule has 0 bridgehead atoms. The quantitative estimate of drug-likeness (QED) is 0.643. The second kappa shape index (κ2) is 6.98. The first kappa shape index (κ1) is 16.1. The fraction of sp³-hybridized carbons (Fsp3) is 1.00. The molecule has 0 aliphatic carbocycles. The fourth-order valence-corrected chi connectivity index (χ4v) is 0.671. The molecule has 0 aromatic carbocycles. The van der Waals surface area contributed by atoms with E-state index in [4.69, 9.17) is 11.2 Å². The number of hydrogen-bond donors (Lipinski definition) is 0. The van der Waals surface area contributed by atoms with E-state index in [-0.39, 0.29) is 0 Å². The van der Waals surface area contributed by atoms with Gasteiger partial charge in [-0.2, -0.15) is 0 Å². The van der Waals surface area contributed by atoms with E-state index in [1.165, 1.54) is 0 Å². The number of hydrogen-bond acceptors (Lipinski definition) is 2. The highest BCUT2D eigenvalue weighted by molar-refractivity contribution is 8.24. The molecule has 0 spiro atoms. The normalized spacial score (nSPS) is 11.8. The van der Waals surface area contributed by atoms with Gasteiger partial charge in [0.05, 0.1) is 0 Å². The van der Waals surface area contributed by atoms with Gasteiger partial charge in [-0.15, -0.1) is 0 Å². The summed E-state index contributed by atoms with van der Waals surface area (Å²) in [4.78, 5) is 0. The van der Waals surface area contributed by atoms with Crippen LogP contribution in [0.15, 0.2) is 0 Å². The van der Waals surface area contributed by atoms with Crippen molar-refractivity contribution >= 4 is 56.7 Å². The summed E-state index contributed by atoms with van der Waals surface area (Å²) in [5, 5.41) is -3.22. The van der Waals surface area contributed by atoms with Crippen LogP contribution in [0.2, 0.25) is 0 Å². The molecule has 0 aliphatic rings. The largest absolute Gasteiger partial charge is 0.339 e. The summed E-state index contributed by atoms with van der Waals surface area (Å²) in [6, 6.07) is 0. The smallest absolute Gasteiger partial charge is 0.307 e. The van der Waals surface area contributed by atoms with Crippen molar-refractivity contribution < 1.29 is 9.13 Å². The zero-order chi connectivity index (χ0) is 10.4. The van der Waals surface area contributed by atoms with Gasteiger partial charge in [0.2, 0.25) is 0 Å². The third kappa shape index (κ3) is 22.6. The lowest BCUT2D eigenvalue weighted by molar-refractivity contribution is 0.585. The molecular weight excluding hydrogens is 284 g/mol. The molecule has 8 heteroatoms. The minimum atomic E-state index is -3.22. The summed E-state index contributed by atoms with van der Waals surface area (Å²) in [6.07, 6.45) is 1.23. The number of halogens is 4. The van der Waals surface area contributed by atoms with Crippen LogP contribution in [-0.4, -0.2) is 12.3 Å². The van der Waals surface area contributed by atoms with Gasteiger partial charge in [-0.3, -0.25) is 4.57 Å². The van der Waals surface area contributed by atoms with Crippen molar-refractivity contribution in [3.8, 4) is 0 Å². The zero-order valence-electron chi connectivity index (χ0n) is 6.64. The molecule has 0 saturated carbocycles. The maximum atomic E-state index is 10.7. The summed E-state index contributed by atoms with van der Waals surface area (Å²) in [7, 11) is 0. The Bertz CT molecular complexity index is 185. The van der Waals surface area contributed by atoms with Gasteiger partial charge in [-0.05, 0) is 33.7 Å². The summed E-state index contributed by atoms with van der Waals surface area (Å²) in [5.74, 6) is 0. The van der Waals surface area contributed by atoms with Crippen molar-refractivity contribution in [1.29, 1.82) is 0 Å². The van der Waals surface area contributed by atoms with E-state index < -0.39 is 11.7 Å². The Morgan fingerprint density at radius 2 is 1.08 bits per heavy atom. The van der Waals surface area contributed by atoms with Gasteiger partial charge in [0.1, 0.15) is 0 Å². The standard InChI is InChI=1S/C4H10ClOP.Cl3OP/c1-3-7(5,6)4-2;1-5(2,3)4/h3-4H2,1-2H3;. The first-order chi connectivity index (χ1) is 5.12. The Morgan fingerprint density at radius 3 is 1.08 bits per heavy atom. The van der Waals surface area contributed by atoms with Crippen LogP contribution in [0.5, 0.6) is 0 Å². The minimum absolute atomic E-state index is 0.616. The van der Waals surface area contributed by atoms with Gasteiger partial charge in [0.25, 0.3) is 0 Å². The molecule has 0 heterocycles. The van der Waals surface area contributed by atoms with E-state index >= 15 is 0 Å². The lowest BCUT2D eigenvalue weighted by Gasteiger charge is -1.99. The van der Waals surface area contributed by atoms with E-state index in [9.17, 15) is 9.13 Å². The highest BCUT2D eigenvalue weighted by Crippen LogP contribution is 2.61. The second-order valence-corrected chi connectivity index (χ2v) is 13.2. The topological polar surface area (TPSA) is 34.1 Å². The van der Waals surface area contributed by atoms with Gasteiger partial charge in [0, 0.05) is 12.3 Å². The van der Waals surface area contributed by atoms with Gasteiger partial charge < -0.3 is 4.57 Å². The van der Waals surface area contributed by atoms with Crippen LogP contribution in [0, 0.1) is 0 Å². The molecule has 0 amide bonds. The molecule has 12 heavy (non-hydrogen) atoms. The molecule has 0 aromatic rings. The Kier molecular flexibility index (Phi) is 9.35. The Hall–Kier alpha value is 1.62. The zero-order valence-corrected chi connectivity index (χ0v) is 11.4. The van der Waals surface area contributed by atoms with Gasteiger partial charge >= 0.3 is 5.20 Å². The van der Waals surface area contributed by atoms with Crippen LogP contribution in [0.25, 0.3) is 0 Å². The van der Waals surface area contributed by atoms with Crippen LogP contribution in [0.3, 0.4) is 0 Å². The Labute approximate surface area is 91.8 Å². The first-order valence-electron chi connectivity index (χ1n) is 3.09. The van der Waals surface area contributed by atoms with E-state index in [2.05, 4.69) is 33.7 Å². The highest BCUT2D eigenvalue weighted by atomic mass is 36.0. The molecule has 0 fully saturated rings. The maximum absolute atomic E-state index is 10.7. The van der Waals surface area contributed by atoms with E-state index in [0.29, 0.717) is 12.3 Å². The van der Waals surface area contributed by atoms with Crippen LogP contribution in [-0.2, 0) is 9.13 Å². The molecule has 0 saturated heterocycles. The molecule has 0 radical (unpaired) electrons. The minimum Gasteiger partial charge on any atom is -0.307 e. The fourth-order valence-electron chi connectivity index (χ4n) is 0.224. The Balaban J connectivity index is 0. The molecule has 0 rings (SSSR count). The summed E-state index contributed by atoms with van der Waals surface area (Å²) in [5.41, 5.74) is 0. The third-order valence-corrected chi connectivity index (χ3v) is 4.27. The summed E-state index contributed by atoms with van der Waals surface area (Å²) >= 11 is 19.3. The van der Waals surface area contributed by atoms with Crippen LogP contribution < -0.4 is 0 Å². The van der Waals surface area contributed by atoms with Crippen LogP contribution in [0.1, 0.15) is 13.8 Å². The molecule has 2 nitrogen and oxygen atoms in total. The van der Waals surface area contributed by atoms with Crippen molar-refractivity contribution in [2.24, 2.45) is 0 Å². The van der Waals surface area contributed by atoms with Crippen molar-refractivity contribution in [3.05, 3.63) is 0 Å². The lowest BCUT2D eigenvalue weighted by atomic mass is 11.0. The summed E-state index contributed by atoms with van der Waals surface area (Å²) in [6.45, 7) is 1.51. The second-order valence-electron chi connectivity index (χ2n) is 1.82. The predicted molar refractivity (Wildman–Crippen MR) is 59.7 cm³/mol. The molecule has 0 aliphatic heterocycles.